The smallest absolute Gasteiger partial charge is 0.261 e. The number of rotatable bonds is 8. The molecule has 0 spiro atoms. The van der Waals surface area contributed by atoms with Gasteiger partial charge in [-0.3, -0.25) is 4.79 Å². The summed E-state index contributed by atoms with van der Waals surface area (Å²) in [4.78, 5) is 12.3. The van der Waals surface area contributed by atoms with E-state index in [1.54, 1.807) is 52.5 Å². The number of carbonyl (C=O) groups excluding carboxylic acids is 1. The molecule has 0 saturated heterocycles. The van der Waals surface area contributed by atoms with Crippen molar-refractivity contribution in [3.8, 4) is 23.0 Å². The van der Waals surface area contributed by atoms with Crippen LogP contribution in [-0.2, 0) is 11.3 Å². The highest BCUT2D eigenvalue weighted by molar-refractivity contribution is 9.10. The van der Waals surface area contributed by atoms with Crippen molar-refractivity contribution in [2.45, 2.75) is 19.6 Å². The zero-order valence-electron chi connectivity index (χ0n) is 15.2. The van der Waals surface area contributed by atoms with Gasteiger partial charge in [0.25, 0.3) is 5.91 Å². The first-order chi connectivity index (χ1) is 12.5. The lowest BCUT2D eigenvalue weighted by molar-refractivity contribution is -0.127. The van der Waals surface area contributed by atoms with Crippen LogP contribution in [0.4, 0.5) is 0 Å². The van der Waals surface area contributed by atoms with Crippen LogP contribution in [0.2, 0.25) is 0 Å². The molecule has 0 radical (unpaired) electrons. The summed E-state index contributed by atoms with van der Waals surface area (Å²) in [6.45, 7) is 2.01. The number of hydrogen-bond acceptors (Lipinski definition) is 5. The third-order valence-corrected chi connectivity index (χ3v) is 4.22. The Hall–Kier alpha value is -2.41. The van der Waals surface area contributed by atoms with E-state index in [0.717, 1.165) is 10.0 Å². The Labute approximate surface area is 161 Å². The van der Waals surface area contributed by atoms with Crippen molar-refractivity contribution in [3.63, 3.8) is 0 Å². The lowest BCUT2D eigenvalue weighted by Crippen LogP contribution is -2.35. The van der Waals surface area contributed by atoms with Crippen LogP contribution < -0.4 is 24.3 Å². The molecular formula is C19H22BrNO5. The van der Waals surface area contributed by atoms with Gasteiger partial charge in [0.1, 0.15) is 5.75 Å². The van der Waals surface area contributed by atoms with Crippen LogP contribution in [-0.4, -0.2) is 33.3 Å². The zero-order valence-corrected chi connectivity index (χ0v) is 16.8. The number of benzene rings is 2. The summed E-state index contributed by atoms with van der Waals surface area (Å²) < 4.78 is 22.5. The standard InChI is InChI=1S/C19H22BrNO5/c1-12(26-15-7-5-14(20)6-8-15)19(22)21-11-13-9-16(23-2)18(25-4)17(10-13)24-3/h5-10,12H,11H2,1-4H3,(H,21,22)/t12-/m1/s1. The first-order valence-corrected chi connectivity index (χ1v) is 8.76. The van der Waals surface area contributed by atoms with E-state index in [1.807, 2.05) is 12.1 Å². The van der Waals surface area contributed by atoms with E-state index in [0.29, 0.717) is 29.5 Å². The molecule has 1 N–H and O–H groups in total. The monoisotopic (exact) mass is 423 g/mol. The molecule has 0 aliphatic heterocycles. The number of halogens is 1. The van der Waals surface area contributed by atoms with Crippen LogP contribution in [0.3, 0.4) is 0 Å². The molecule has 0 heterocycles. The van der Waals surface area contributed by atoms with Crippen molar-refractivity contribution in [1.82, 2.24) is 5.32 Å². The largest absolute Gasteiger partial charge is 0.493 e. The summed E-state index contributed by atoms with van der Waals surface area (Å²) in [5.41, 5.74) is 0.823. The lowest BCUT2D eigenvalue weighted by Gasteiger charge is -2.16. The molecule has 0 aliphatic carbocycles. The maximum Gasteiger partial charge on any atom is 0.261 e. The van der Waals surface area contributed by atoms with Crippen LogP contribution in [0.1, 0.15) is 12.5 Å². The highest BCUT2D eigenvalue weighted by Crippen LogP contribution is 2.38. The van der Waals surface area contributed by atoms with Crippen LogP contribution >= 0.6 is 15.9 Å². The second-order valence-corrected chi connectivity index (χ2v) is 6.38. The number of ether oxygens (including phenoxy) is 4. The fraction of sp³-hybridized carbons (Fsp3) is 0.316. The molecule has 7 heteroatoms. The van der Waals surface area contributed by atoms with Crippen molar-refractivity contribution in [1.29, 1.82) is 0 Å². The first-order valence-electron chi connectivity index (χ1n) is 7.97. The Morgan fingerprint density at radius 3 is 2.12 bits per heavy atom. The zero-order chi connectivity index (χ0) is 19.1. The number of carbonyl (C=O) groups is 1. The lowest BCUT2D eigenvalue weighted by atomic mass is 10.1. The van der Waals surface area contributed by atoms with Crippen LogP contribution in [0, 0.1) is 0 Å². The predicted octanol–water partition coefficient (Wildman–Crippen LogP) is 3.56. The number of amides is 1. The molecule has 2 rings (SSSR count). The highest BCUT2D eigenvalue weighted by Gasteiger charge is 2.16. The summed E-state index contributed by atoms with van der Waals surface area (Å²) in [6.07, 6.45) is -0.627. The van der Waals surface area contributed by atoms with Crippen molar-refractivity contribution >= 4 is 21.8 Å². The van der Waals surface area contributed by atoms with Gasteiger partial charge in [0.2, 0.25) is 5.75 Å². The van der Waals surface area contributed by atoms with Crippen molar-refractivity contribution in [2.24, 2.45) is 0 Å². The Balaban J connectivity index is 2.00. The van der Waals surface area contributed by atoms with E-state index in [-0.39, 0.29) is 5.91 Å². The molecule has 0 aromatic heterocycles. The average Bonchev–Trinajstić information content (AvgIpc) is 2.66. The van der Waals surface area contributed by atoms with E-state index in [9.17, 15) is 4.79 Å². The second-order valence-electron chi connectivity index (χ2n) is 5.47. The predicted molar refractivity (Wildman–Crippen MR) is 102 cm³/mol. The van der Waals surface area contributed by atoms with Crippen LogP contribution in [0.15, 0.2) is 40.9 Å². The van der Waals surface area contributed by atoms with Gasteiger partial charge in [-0.05, 0) is 48.9 Å². The van der Waals surface area contributed by atoms with Gasteiger partial charge in [-0.1, -0.05) is 15.9 Å². The molecule has 0 aliphatic rings. The minimum atomic E-state index is -0.627. The van der Waals surface area contributed by atoms with Gasteiger partial charge in [-0.25, -0.2) is 0 Å². The summed E-state index contributed by atoms with van der Waals surface area (Å²) >= 11 is 3.36. The molecule has 0 fully saturated rings. The Morgan fingerprint density at radius 1 is 1.04 bits per heavy atom. The normalized spacial score (nSPS) is 11.4. The molecule has 26 heavy (non-hydrogen) atoms. The Kier molecular flexibility index (Phi) is 7.15. The van der Waals surface area contributed by atoms with Crippen molar-refractivity contribution in [2.75, 3.05) is 21.3 Å². The Morgan fingerprint density at radius 2 is 1.62 bits per heavy atom. The van der Waals surface area contributed by atoms with Crippen LogP contribution in [0.25, 0.3) is 0 Å². The average molecular weight is 424 g/mol. The highest BCUT2D eigenvalue weighted by atomic mass is 79.9. The Bertz CT molecular complexity index is 723. The van der Waals surface area contributed by atoms with Gasteiger partial charge in [-0.15, -0.1) is 0 Å². The van der Waals surface area contributed by atoms with E-state index in [4.69, 9.17) is 18.9 Å². The van der Waals surface area contributed by atoms with Crippen LogP contribution in [0.5, 0.6) is 23.0 Å². The quantitative estimate of drug-likeness (QED) is 0.702. The summed E-state index contributed by atoms with van der Waals surface area (Å²) in [6, 6.07) is 10.9. The van der Waals surface area contributed by atoms with Crippen molar-refractivity contribution < 1.29 is 23.7 Å². The maximum atomic E-state index is 12.3. The third kappa shape index (κ3) is 5.05. The van der Waals surface area contributed by atoms with E-state index >= 15 is 0 Å². The molecule has 6 nitrogen and oxygen atoms in total. The number of hydrogen-bond donors (Lipinski definition) is 1. The van der Waals surface area contributed by atoms with E-state index in [1.165, 1.54) is 0 Å². The molecule has 1 atom stereocenters. The van der Waals surface area contributed by atoms with E-state index < -0.39 is 6.10 Å². The van der Waals surface area contributed by atoms with Gasteiger partial charge in [0.15, 0.2) is 17.6 Å². The van der Waals surface area contributed by atoms with Gasteiger partial charge < -0.3 is 24.3 Å². The summed E-state index contributed by atoms with van der Waals surface area (Å²) in [5.74, 6) is 1.99. The molecule has 2 aromatic rings. The summed E-state index contributed by atoms with van der Waals surface area (Å²) in [7, 11) is 4.64. The van der Waals surface area contributed by atoms with Gasteiger partial charge >= 0.3 is 0 Å². The summed E-state index contributed by atoms with van der Waals surface area (Å²) in [5, 5.41) is 2.85. The molecule has 0 saturated carbocycles. The fourth-order valence-electron chi connectivity index (χ4n) is 2.34. The van der Waals surface area contributed by atoms with Gasteiger partial charge in [0.05, 0.1) is 21.3 Å². The molecule has 140 valence electrons. The first kappa shape index (κ1) is 19.9. The van der Waals surface area contributed by atoms with Crippen molar-refractivity contribution in [3.05, 3.63) is 46.4 Å². The van der Waals surface area contributed by atoms with E-state index in [2.05, 4.69) is 21.2 Å². The second kappa shape index (κ2) is 9.33. The minimum Gasteiger partial charge on any atom is -0.493 e. The fourth-order valence-corrected chi connectivity index (χ4v) is 2.61. The molecular weight excluding hydrogens is 402 g/mol. The topological polar surface area (TPSA) is 66.0 Å². The molecule has 0 unspecified atom stereocenters. The van der Waals surface area contributed by atoms with Gasteiger partial charge in [0, 0.05) is 11.0 Å². The number of methoxy groups -OCH3 is 3. The third-order valence-electron chi connectivity index (χ3n) is 3.69. The molecule has 0 bridgehead atoms. The number of nitrogens with one attached hydrogen (secondary N) is 1. The SMILES string of the molecule is COc1cc(CNC(=O)[C@@H](C)Oc2ccc(Br)cc2)cc(OC)c1OC. The minimum absolute atomic E-state index is 0.221. The molecule has 2 aromatic carbocycles. The molecule has 1 amide bonds. The van der Waals surface area contributed by atoms with Gasteiger partial charge in [-0.2, -0.15) is 0 Å². The maximum absolute atomic E-state index is 12.3.